The van der Waals surface area contributed by atoms with E-state index in [0.717, 1.165) is 12.0 Å². The first kappa shape index (κ1) is 17.0. The maximum Gasteiger partial charge on any atom is 0.338 e. The number of esters is 2. The summed E-state index contributed by atoms with van der Waals surface area (Å²) in [6.45, 7) is 2.44. The van der Waals surface area contributed by atoms with Gasteiger partial charge in [0.15, 0.2) is 0 Å². The van der Waals surface area contributed by atoms with Crippen molar-refractivity contribution < 1.29 is 19.1 Å². The van der Waals surface area contributed by atoms with Gasteiger partial charge in [-0.3, -0.25) is 0 Å². The Bertz CT molecular complexity index is 680. The molecule has 0 aliphatic heterocycles. The number of carbonyl (C=O) groups is 2. The van der Waals surface area contributed by atoms with Crippen molar-refractivity contribution in [2.24, 2.45) is 0 Å². The van der Waals surface area contributed by atoms with Crippen LogP contribution in [-0.4, -0.2) is 18.5 Å². The van der Waals surface area contributed by atoms with Crippen molar-refractivity contribution in [1.82, 2.24) is 0 Å². The third-order valence-electron chi connectivity index (χ3n) is 3.05. The first-order chi connectivity index (χ1) is 11.1. The van der Waals surface area contributed by atoms with Gasteiger partial charge in [0.2, 0.25) is 0 Å². The molecule has 4 nitrogen and oxygen atoms in total. The van der Waals surface area contributed by atoms with Gasteiger partial charge in [-0.1, -0.05) is 30.7 Å². The molecule has 23 heavy (non-hydrogen) atoms. The minimum atomic E-state index is -0.460. The molecule has 0 unspecified atom stereocenters. The number of hydrogen-bond donors (Lipinski definition) is 0. The molecule has 0 saturated heterocycles. The lowest BCUT2D eigenvalue weighted by Gasteiger charge is -2.06. The van der Waals surface area contributed by atoms with Gasteiger partial charge < -0.3 is 9.47 Å². The fraction of sp³-hybridized carbons (Fsp3) is 0.222. The molecule has 0 N–H and O–H groups in total. The molecule has 0 radical (unpaired) electrons. The van der Waals surface area contributed by atoms with E-state index in [1.165, 1.54) is 0 Å². The number of hydrogen-bond acceptors (Lipinski definition) is 4. The molecule has 0 heterocycles. The van der Waals surface area contributed by atoms with Crippen LogP contribution < -0.4 is 0 Å². The third kappa shape index (κ3) is 5.11. The van der Waals surface area contributed by atoms with Crippen LogP contribution in [0.25, 0.3) is 0 Å². The largest absolute Gasteiger partial charge is 0.462 e. The molecule has 0 spiro atoms. The van der Waals surface area contributed by atoms with Crippen LogP contribution in [0, 0.1) is 0 Å². The number of halogens is 1. The summed E-state index contributed by atoms with van der Waals surface area (Å²) in [4.78, 5) is 23.7. The Morgan fingerprint density at radius 1 is 0.957 bits per heavy atom. The second kappa shape index (κ2) is 8.34. The zero-order valence-corrected chi connectivity index (χ0v) is 13.5. The molecule has 2 aromatic rings. The van der Waals surface area contributed by atoms with Crippen LogP contribution in [0.3, 0.4) is 0 Å². The molecule has 120 valence electrons. The lowest BCUT2D eigenvalue weighted by atomic mass is 10.1. The summed E-state index contributed by atoms with van der Waals surface area (Å²) in [7, 11) is 0. The molecule has 0 saturated carbocycles. The Morgan fingerprint density at radius 3 is 2.13 bits per heavy atom. The lowest BCUT2D eigenvalue weighted by Crippen LogP contribution is -2.08. The highest BCUT2D eigenvalue weighted by molar-refractivity contribution is 6.30. The number of rotatable bonds is 6. The van der Waals surface area contributed by atoms with Crippen LogP contribution in [0.1, 0.15) is 39.6 Å². The van der Waals surface area contributed by atoms with E-state index >= 15 is 0 Å². The zero-order valence-electron chi connectivity index (χ0n) is 12.8. The van der Waals surface area contributed by atoms with Gasteiger partial charge in [-0.25, -0.2) is 9.59 Å². The molecule has 0 aliphatic carbocycles. The summed E-state index contributed by atoms with van der Waals surface area (Å²) in [5.41, 5.74) is 1.59. The minimum absolute atomic E-state index is 0.139. The van der Waals surface area contributed by atoms with E-state index in [-0.39, 0.29) is 6.61 Å². The summed E-state index contributed by atoms with van der Waals surface area (Å²) in [5.74, 6) is -0.857. The number of benzene rings is 2. The van der Waals surface area contributed by atoms with Crippen LogP contribution in [0.15, 0.2) is 48.5 Å². The molecule has 5 heteroatoms. The second-order valence-electron chi connectivity index (χ2n) is 4.92. The zero-order chi connectivity index (χ0) is 16.7. The maximum absolute atomic E-state index is 12.0. The second-order valence-corrected chi connectivity index (χ2v) is 5.36. The maximum atomic E-state index is 12.0. The molecule has 0 fully saturated rings. The third-order valence-corrected chi connectivity index (χ3v) is 3.29. The van der Waals surface area contributed by atoms with Gasteiger partial charge in [0, 0.05) is 5.02 Å². The van der Waals surface area contributed by atoms with Gasteiger partial charge in [0.05, 0.1) is 17.7 Å². The molecule has 0 aliphatic rings. The van der Waals surface area contributed by atoms with Crippen LogP contribution in [0.2, 0.25) is 5.02 Å². The standard InChI is InChI=1S/C18H17ClO4/c1-2-10-22-17(20)14-6-8-15(9-7-14)18(21)23-12-13-4-3-5-16(19)11-13/h3-9,11H,2,10,12H2,1H3. The van der Waals surface area contributed by atoms with E-state index in [2.05, 4.69) is 0 Å². The van der Waals surface area contributed by atoms with Crippen molar-refractivity contribution in [2.75, 3.05) is 6.61 Å². The van der Waals surface area contributed by atoms with E-state index in [9.17, 15) is 9.59 Å². The van der Waals surface area contributed by atoms with Gasteiger partial charge in [-0.05, 0) is 48.4 Å². The van der Waals surface area contributed by atoms with Crippen molar-refractivity contribution in [1.29, 1.82) is 0 Å². The average molecular weight is 333 g/mol. The Labute approximate surface area is 140 Å². The molecule has 2 rings (SSSR count). The normalized spacial score (nSPS) is 10.2. The van der Waals surface area contributed by atoms with Crippen molar-refractivity contribution in [3.63, 3.8) is 0 Å². The van der Waals surface area contributed by atoms with Crippen LogP contribution in [-0.2, 0) is 16.1 Å². The first-order valence-electron chi connectivity index (χ1n) is 7.29. The lowest BCUT2D eigenvalue weighted by molar-refractivity contribution is 0.0467. The SMILES string of the molecule is CCCOC(=O)c1ccc(C(=O)OCc2cccc(Cl)c2)cc1. The smallest absolute Gasteiger partial charge is 0.338 e. The highest BCUT2D eigenvalue weighted by atomic mass is 35.5. The van der Waals surface area contributed by atoms with E-state index in [0.29, 0.717) is 22.8 Å². The molecule has 0 amide bonds. The van der Waals surface area contributed by atoms with Crippen LogP contribution in [0.4, 0.5) is 0 Å². The highest BCUT2D eigenvalue weighted by Gasteiger charge is 2.11. The van der Waals surface area contributed by atoms with E-state index in [1.54, 1.807) is 42.5 Å². The van der Waals surface area contributed by atoms with Gasteiger partial charge in [-0.15, -0.1) is 0 Å². The molecule has 0 atom stereocenters. The topological polar surface area (TPSA) is 52.6 Å². The van der Waals surface area contributed by atoms with Gasteiger partial charge >= 0.3 is 11.9 Å². The Hall–Kier alpha value is -2.33. The summed E-state index contributed by atoms with van der Waals surface area (Å²) in [6, 6.07) is 13.3. The summed E-state index contributed by atoms with van der Waals surface area (Å²) in [5, 5.41) is 0.591. The average Bonchev–Trinajstić information content (AvgIpc) is 2.57. The molecule has 2 aromatic carbocycles. The van der Waals surface area contributed by atoms with Gasteiger partial charge in [0.25, 0.3) is 0 Å². The summed E-state index contributed by atoms with van der Waals surface area (Å²) < 4.78 is 10.2. The fourth-order valence-electron chi connectivity index (χ4n) is 1.88. The monoisotopic (exact) mass is 332 g/mol. The Morgan fingerprint density at radius 2 is 1.57 bits per heavy atom. The van der Waals surface area contributed by atoms with E-state index in [1.807, 2.05) is 13.0 Å². The van der Waals surface area contributed by atoms with Crippen molar-refractivity contribution in [2.45, 2.75) is 20.0 Å². The first-order valence-corrected chi connectivity index (χ1v) is 7.66. The van der Waals surface area contributed by atoms with E-state index in [4.69, 9.17) is 21.1 Å². The van der Waals surface area contributed by atoms with Crippen LogP contribution in [0.5, 0.6) is 0 Å². The Kier molecular flexibility index (Phi) is 6.18. The fourth-order valence-corrected chi connectivity index (χ4v) is 2.09. The van der Waals surface area contributed by atoms with Crippen LogP contribution >= 0.6 is 11.6 Å². The number of ether oxygens (including phenoxy) is 2. The van der Waals surface area contributed by atoms with Crippen molar-refractivity contribution in [3.05, 3.63) is 70.2 Å². The molecule has 0 bridgehead atoms. The van der Waals surface area contributed by atoms with E-state index < -0.39 is 11.9 Å². The minimum Gasteiger partial charge on any atom is -0.462 e. The quantitative estimate of drug-likeness (QED) is 0.741. The van der Waals surface area contributed by atoms with Gasteiger partial charge in [0.1, 0.15) is 6.61 Å². The van der Waals surface area contributed by atoms with Crippen molar-refractivity contribution >= 4 is 23.5 Å². The summed E-state index contributed by atoms with van der Waals surface area (Å²) >= 11 is 5.88. The highest BCUT2D eigenvalue weighted by Crippen LogP contribution is 2.13. The molecular weight excluding hydrogens is 316 g/mol. The molecular formula is C18H17ClO4. The number of carbonyl (C=O) groups excluding carboxylic acids is 2. The Balaban J connectivity index is 1.93. The predicted octanol–water partition coefficient (Wildman–Crippen LogP) is 4.26. The molecule has 0 aromatic heterocycles. The summed E-state index contributed by atoms with van der Waals surface area (Å²) in [6.07, 6.45) is 0.764. The predicted molar refractivity (Wildman–Crippen MR) is 87.6 cm³/mol. The van der Waals surface area contributed by atoms with Gasteiger partial charge in [-0.2, -0.15) is 0 Å². The van der Waals surface area contributed by atoms with Crippen molar-refractivity contribution in [3.8, 4) is 0 Å².